The third-order valence-electron chi connectivity index (χ3n) is 4.49. The number of carbonyl (C=O) groups is 2. The first-order valence-corrected chi connectivity index (χ1v) is 10.00. The molecule has 1 atom stereocenters. The molecule has 2 aromatic heterocycles. The van der Waals surface area contributed by atoms with Gasteiger partial charge in [0, 0.05) is 17.1 Å². The van der Waals surface area contributed by atoms with E-state index in [1.54, 1.807) is 26.1 Å². The Morgan fingerprint density at radius 2 is 1.93 bits per heavy atom. The van der Waals surface area contributed by atoms with Crippen LogP contribution in [0.3, 0.4) is 0 Å². The lowest BCUT2D eigenvalue weighted by Gasteiger charge is -2.14. The molecule has 1 aromatic carbocycles. The zero-order valence-electron chi connectivity index (χ0n) is 16.9. The SMILES string of the molecule is Cc1ccn(C(C)C(=O)Nc2cc(C(=O)NCc3sc(C)nc3C)c(F)cc2F)n1. The summed E-state index contributed by atoms with van der Waals surface area (Å²) in [6, 6.07) is 2.58. The number of rotatable bonds is 6. The normalized spacial score (nSPS) is 11.9. The van der Waals surface area contributed by atoms with Crippen LogP contribution in [0.4, 0.5) is 14.5 Å². The van der Waals surface area contributed by atoms with Crippen LogP contribution in [0.1, 0.15) is 44.6 Å². The molecule has 30 heavy (non-hydrogen) atoms. The number of nitrogens with zero attached hydrogens (tertiary/aromatic N) is 3. The van der Waals surface area contributed by atoms with Crippen molar-refractivity contribution in [1.82, 2.24) is 20.1 Å². The molecule has 0 bridgehead atoms. The first kappa shape index (κ1) is 21.6. The van der Waals surface area contributed by atoms with Crippen molar-refractivity contribution in [3.8, 4) is 0 Å². The molecule has 2 amide bonds. The van der Waals surface area contributed by atoms with Gasteiger partial charge >= 0.3 is 0 Å². The Labute approximate surface area is 176 Å². The Bertz CT molecular complexity index is 1110. The summed E-state index contributed by atoms with van der Waals surface area (Å²) in [6.45, 7) is 7.21. The first-order valence-electron chi connectivity index (χ1n) is 9.18. The van der Waals surface area contributed by atoms with Crippen molar-refractivity contribution >= 4 is 28.8 Å². The molecule has 0 aliphatic heterocycles. The molecule has 10 heteroatoms. The smallest absolute Gasteiger partial charge is 0.254 e. The fourth-order valence-electron chi connectivity index (χ4n) is 2.82. The number of carbonyl (C=O) groups excluding carboxylic acids is 2. The second-order valence-electron chi connectivity index (χ2n) is 6.84. The van der Waals surface area contributed by atoms with Gasteiger partial charge in [-0.05, 0) is 39.8 Å². The average Bonchev–Trinajstić information content (AvgIpc) is 3.25. The molecule has 0 spiro atoms. The molecule has 0 aliphatic carbocycles. The van der Waals surface area contributed by atoms with E-state index in [-0.39, 0.29) is 17.8 Å². The lowest BCUT2D eigenvalue weighted by atomic mass is 10.1. The van der Waals surface area contributed by atoms with Gasteiger partial charge in [0.1, 0.15) is 17.7 Å². The minimum Gasteiger partial charge on any atom is -0.347 e. The Morgan fingerprint density at radius 3 is 2.53 bits per heavy atom. The highest BCUT2D eigenvalue weighted by atomic mass is 32.1. The van der Waals surface area contributed by atoms with Crippen molar-refractivity contribution in [3.63, 3.8) is 0 Å². The van der Waals surface area contributed by atoms with Gasteiger partial charge in [0.05, 0.1) is 34.2 Å². The third kappa shape index (κ3) is 4.70. The number of thiazole rings is 1. The van der Waals surface area contributed by atoms with Gasteiger partial charge in [-0.2, -0.15) is 5.10 Å². The second-order valence-corrected chi connectivity index (χ2v) is 8.13. The van der Waals surface area contributed by atoms with Gasteiger partial charge in [-0.1, -0.05) is 0 Å². The van der Waals surface area contributed by atoms with Gasteiger partial charge in [0.2, 0.25) is 5.91 Å². The molecule has 158 valence electrons. The predicted molar refractivity (Wildman–Crippen MR) is 109 cm³/mol. The summed E-state index contributed by atoms with van der Waals surface area (Å²) >= 11 is 1.43. The maximum absolute atomic E-state index is 14.2. The summed E-state index contributed by atoms with van der Waals surface area (Å²) in [5, 5.41) is 10.0. The van der Waals surface area contributed by atoms with Gasteiger partial charge in [0.15, 0.2) is 0 Å². The van der Waals surface area contributed by atoms with Crippen molar-refractivity contribution < 1.29 is 18.4 Å². The van der Waals surface area contributed by atoms with E-state index in [2.05, 4.69) is 20.7 Å². The molecule has 1 unspecified atom stereocenters. The van der Waals surface area contributed by atoms with Crippen molar-refractivity contribution in [2.24, 2.45) is 0 Å². The quantitative estimate of drug-likeness (QED) is 0.621. The van der Waals surface area contributed by atoms with E-state index >= 15 is 0 Å². The van der Waals surface area contributed by atoms with E-state index in [9.17, 15) is 18.4 Å². The molecule has 7 nitrogen and oxygen atoms in total. The Kier molecular flexibility index (Phi) is 6.25. The lowest BCUT2D eigenvalue weighted by Crippen LogP contribution is -2.26. The first-order chi connectivity index (χ1) is 14.2. The predicted octanol–water partition coefficient (Wildman–Crippen LogP) is 3.67. The molecule has 0 saturated heterocycles. The van der Waals surface area contributed by atoms with Crippen molar-refractivity contribution in [2.45, 2.75) is 40.3 Å². The number of nitrogens with one attached hydrogen (secondary N) is 2. The van der Waals surface area contributed by atoms with Gasteiger partial charge in [-0.3, -0.25) is 14.3 Å². The average molecular weight is 433 g/mol. The van der Waals surface area contributed by atoms with E-state index in [4.69, 9.17) is 0 Å². The van der Waals surface area contributed by atoms with E-state index in [0.717, 1.165) is 27.3 Å². The molecule has 0 aliphatic rings. The zero-order valence-corrected chi connectivity index (χ0v) is 17.7. The number of anilines is 1. The summed E-state index contributed by atoms with van der Waals surface area (Å²) in [5.74, 6) is -3.26. The summed E-state index contributed by atoms with van der Waals surface area (Å²) in [6.07, 6.45) is 1.63. The van der Waals surface area contributed by atoms with Crippen LogP contribution in [0.25, 0.3) is 0 Å². The highest BCUT2D eigenvalue weighted by Crippen LogP contribution is 2.22. The molecular weight excluding hydrogens is 412 g/mol. The highest BCUT2D eigenvalue weighted by molar-refractivity contribution is 7.11. The molecule has 0 saturated carbocycles. The minimum absolute atomic E-state index is 0.171. The summed E-state index contributed by atoms with van der Waals surface area (Å²) in [5.41, 5.74) is 0.862. The van der Waals surface area contributed by atoms with E-state index in [1.165, 1.54) is 16.0 Å². The fraction of sp³-hybridized carbons (Fsp3) is 0.300. The van der Waals surface area contributed by atoms with Crippen LogP contribution >= 0.6 is 11.3 Å². The maximum atomic E-state index is 14.2. The summed E-state index contributed by atoms with van der Waals surface area (Å²) in [7, 11) is 0. The Balaban J connectivity index is 1.75. The summed E-state index contributed by atoms with van der Waals surface area (Å²) < 4.78 is 29.9. The van der Waals surface area contributed by atoms with E-state index < -0.39 is 29.5 Å². The molecule has 3 rings (SSSR count). The molecule has 2 N–H and O–H groups in total. The monoisotopic (exact) mass is 433 g/mol. The topological polar surface area (TPSA) is 88.9 Å². The number of aryl methyl sites for hydroxylation is 3. The van der Waals surface area contributed by atoms with Crippen molar-refractivity contribution in [3.05, 3.63) is 62.9 Å². The third-order valence-corrected chi connectivity index (χ3v) is 5.56. The number of benzene rings is 1. The van der Waals surface area contributed by atoms with Gasteiger partial charge in [-0.15, -0.1) is 11.3 Å². The standard InChI is InChI=1S/C20H21F2N5O2S/c1-10-5-6-27(26-10)12(3)19(28)25-17-7-14(15(21)8-16(17)22)20(29)23-9-18-11(2)24-13(4)30-18/h5-8,12H,9H2,1-4H3,(H,23,29)(H,25,28). The van der Waals surface area contributed by atoms with Crippen LogP contribution in [0, 0.1) is 32.4 Å². The second kappa shape index (κ2) is 8.70. The number of hydrogen-bond acceptors (Lipinski definition) is 5. The molecule has 0 radical (unpaired) electrons. The number of amides is 2. The Hall–Kier alpha value is -3.14. The van der Waals surface area contributed by atoms with Crippen molar-refractivity contribution in [2.75, 3.05) is 5.32 Å². The fourth-order valence-corrected chi connectivity index (χ4v) is 3.69. The van der Waals surface area contributed by atoms with Gasteiger partial charge < -0.3 is 10.6 Å². The van der Waals surface area contributed by atoms with Crippen LogP contribution in [0.15, 0.2) is 24.4 Å². The largest absolute Gasteiger partial charge is 0.347 e. The van der Waals surface area contributed by atoms with E-state index in [0.29, 0.717) is 6.07 Å². The lowest BCUT2D eigenvalue weighted by molar-refractivity contribution is -0.119. The van der Waals surface area contributed by atoms with Crippen LogP contribution < -0.4 is 10.6 Å². The minimum atomic E-state index is -1.02. The molecule has 2 heterocycles. The van der Waals surface area contributed by atoms with Crippen LogP contribution in [0.2, 0.25) is 0 Å². The molecule has 3 aromatic rings. The zero-order chi connectivity index (χ0) is 22.0. The van der Waals surface area contributed by atoms with E-state index in [1.807, 2.05) is 13.8 Å². The molecular formula is C20H21F2N5O2S. The van der Waals surface area contributed by atoms with Crippen LogP contribution in [0.5, 0.6) is 0 Å². The van der Waals surface area contributed by atoms with Crippen LogP contribution in [-0.2, 0) is 11.3 Å². The molecule has 0 fully saturated rings. The van der Waals surface area contributed by atoms with Crippen LogP contribution in [-0.4, -0.2) is 26.6 Å². The highest BCUT2D eigenvalue weighted by Gasteiger charge is 2.21. The van der Waals surface area contributed by atoms with Gasteiger partial charge in [-0.25, -0.2) is 13.8 Å². The number of halogens is 2. The Morgan fingerprint density at radius 1 is 1.20 bits per heavy atom. The van der Waals surface area contributed by atoms with Gasteiger partial charge in [0.25, 0.3) is 5.91 Å². The van der Waals surface area contributed by atoms with Crippen molar-refractivity contribution in [1.29, 1.82) is 0 Å². The number of aromatic nitrogens is 3. The summed E-state index contributed by atoms with van der Waals surface area (Å²) in [4.78, 5) is 30.0. The maximum Gasteiger partial charge on any atom is 0.254 e. The number of hydrogen-bond donors (Lipinski definition) is 2.